The topological polar surface area (TPSA) is 51.6 Å². The lowest BCUT2D eigenvalue weighted by molar-refractivity contribution is 1.07. The molecule has 9 aromatic rings. The number of rotatable bonds is 5. The average molecular weight is 587 g/mol. The maximum atomic E-state index is 5.05. The third kappa shape index (κ3) is 4.39. The summed E-state index contributed by atoms with van der Waals surface area (Å²) >= 11 is 0. The summed E-state index contributed by atoms with van der Waals surface area (Å²) in [6, 6.07) is 50.8. The van der Waals surface area contributed by atoms with Crippen LogP contribution in [0.15, 0.2) is 158 Å². The van der Waals surface area contributed by atoms with Crippen molar-refractivity contribution in [3.05, 3.63) is 158 Å². The molecule has 4 nitrogen and oxygen atoms in total. The maximum absolute atomic E-state index is 5.05. The number of hydrogen-bond acceptors (Lipinski definition) is 4. The van der Waals surface area contributed by atoms with E-state index in [1.807, 2.05) is 54.7 Å². The molecule has 0 spiro atoms. The van der Waals surface area contributed by atoms with E-state index in [9.17, 15) is 0 Å². The zero-order valence-electron chi connectivity index (χ0n) is 24.8. The van der Waals surface area contributed by atoms with Gasteiger partial charge in [0.15, 0.2) is 17.5 Å². The number of benzene rings is 7. The van der Waals surface area contributed by atoms with Crippen molar-refractivity contribution in [2.75, 3.05) is 0 Å². The second-order valence-electron chi connectivity index (χ2n) is 11.5. The summed E-state index contributed by atoms with van der Waals surface area (Å²) in [6.07, 6.45) is 3.66. The third-order valence-electron chi connectivity index (χ3n) is 8.79. The smallest absolute Gasteiger partial charge is 0.164 e. The minimum Gasteiger partial charge on any atom is -0.264 e. The van der Waals surface area contributed by atoms with Gasteiger partial charge >= 0.3 is 0 Å². The molecule has 4 heteroatoms. The van der Waals surface area contributed by atoms with Gasteiger partial charge in [0.25, 0.3) is 0 Å². The Morgan fingerprint density at radius 1 is 0.326 bits per heavy atom. The SMILES string of the molecule is c1ccc(-c2nc(-c3ccc(-c4ccc5ccc6cccc7ccc4c5c67)cc3)nc(-c3ccccc3-c3cccnc3)n2)cc1. The fourth-order valence-corrected chi connectivity index (χ4v) is 6.58. The standard InChI is InChI=1S/C42H26N4/c1-2-8-31(9-3-1)40-44-41(46-42(45-40)37-14-5-4-13-34(37)33-12-7-25-43-26-33)32-19-15-27(16-20-32)35-23-21-30-18-17-28-10-6-11-29-22-24-36(35)39(30)38(28)29/h1-26H. The van der Waals surface area contributed by atoms with Crippen LogP contribution in [0.3, 0.4) is 0 Å². The molecule has 0 radical (unpaired) electrons. The first-order valence-corrected chi connectivity index (χ1v) is 15.4. The van der Waals surface area contributed by atoms with Crippen molar-refractivity contribution in [2.24, 2.45) is 0 Å². The summed E-state index contributed by atoms with van der Waals surface area (Å²) in [7, 11) is 0. The largest absolute Gasteiger partial charge is 0.264 e. The summed E-state index contributed by atoms with van der Waals surface area (Å²) in [6.45, 7) is 0. The summed E-state index contributed by atoms with van der Waals surface area (Å²) in [5.41, 5.74) is 7.21. The van der Waals surface area contributed by atoms with Gasteiger partial charge in [0, 0.05) is 34.6 Å². The van der Waals surface area contributed by atoms with Gasteiger partial charge in [-0.05, 0) is 55.1 Å². The highest BCUT2D eigenvalue weighted by atomic mass is 15.0. The molecule has 0 aliphatic heterocycles. The van der Waals surface area contributed by atoms with Crippen molar-refractivity contribution in [3.63, 3.8) is 0 Å². The van der Waals surface area contributed by atoms with Crippen LogP contribution in [0.2, 0.25) is 0 Å². The Bertz CT molecular complexity index is 2490. The van der Waals surface area contributed by atoms with Crippen LogP contribution >= 0.6 is 0 Å². The first-order chi connectivity index (χ1) is 22.8. The van der Waals surface area contributed by atoms with E-state index in [1.165, 1.54) is 37.9 Å². The van der Waals surface area contributed by atoms with Crippen LogP contribution in [-0.4, -0.2) is 19.9 Å². The van der Waals surface area contributed by atoms with Gasteiger partial charge in [-0.15, -0.1) is 0 Å². The molecule has 2 aromatic heterocycles. The Labute approximate surface area is 266 Å². The predicted octanol–water partition coefficient (Wildman–Crippen LogP) is 10.5. The quantitative estimate of drug-likeness (QED) is 0.188. The molecule has 0 fully saturated rings. The highest BCUT2D eigenvalue weighted by Crippen LogP contribution is 2.40. The molecule has 0 amide bonds. The molecule has 7 aromatic carbocycles. The van der Waals surface area contributed by atoms with Gasteiger partial charge in [0.1, 0.15) is 0 Å². The molecule has 0 N–H and O–H groups in total. The first kappa shape index (κ1) is 26.2. The van der Waals surface area contributed by atoms with Gasteiger partial charge in [0.2, 0.25) is 0 Å². The van der Waals surface area contributed by atoms with Crippen LogP contribution in [0.25, 0.3) is 88.7 Å². The zero-order valence-corrected chi connectivity index (χ0v) is 24.8. The molecular formula is C42H26N4. The minimum absolute atomic E-state index is 0.624. The highest BCUT2D eigenvalue weighted by Gasteiger charge is 2.16. The average Bonchev–Trinajstić information content (AvgIpc) is 3.14. The monoisotopic (exact) mass is 586 g/mol. The van der Waals surface area contributed by atoms with Crippen LogP contribution in [0.5, 0.6) is 0 Å². The van der Waals surface area contributed by atoms with Gasteiger partial charge in [-0.3, -0.25) is 4.98 Å². The molecule has 0 saturated heterocycles. The fourth-order valence-electron chi connectivity index (χ4n) is 6.58. The van der Waals surface area contributed by atoms with E-state index in [0.717, 1.165) is 33.4 Å². The van der Waals surface area contributed by atoms with Crippen LogP contribution in [-0.2, 0) is 0 Å². The van der Waals surface area contributed by atoms with Crippen molar-refractivity contribution < 1.29 is 0 Å². The van der Waals surface area contributed by atoms with Crippen LogP contribution in [0, 0.1) is 0 Å². The fraction of sp³-hybridized carbons (Fsp3) is 0. The Morgan fingerprint density at radius 2 is 0.913 bits per heavy atom. The summed E-state index contributed by atoms with van der Waals surface area (Å²) in [5.74, 6) is 1.89. The number of nitrogens with zero attached hydrogens (tertiary/aromatic N) is 4. The lowest BCUT2D eigenvalue weighted by atomic mass is 9.90. The molecule has 0 bridgehead atoms. The summed E-state index contributed by atoms with van der Waals surface area (Å²) in [5, 5.41) is 7.71. The van der Waals surface area contributed by atoms with Gasteiger partial charge in [-0.1, -0.05) is 140 Å². The normalized spacial score (nSPS) is 11.5. The molecular weight excluding hydrogens is 560 g/mol. The van der Waals surface area contributed by atoms with Crippen molar-refractivity contribution in [3.8, 4) is 56.4 Å². The van der Waals surface area contributed by atoms with E-state index < -0.39 is 0 Å². The van der Waals surface area contributed by atoms with Gasteiger partial charge in [0.05, 0.1) is 0 Å². The summed E-state index contributed by atoms with van der Waals surface area (Å²) in [4.78, 5) is 19.4. The molecule has 46 heavy (non-hydrogen) atoms. The van der Waals surface area contributed by atoms with Crippen LogP contribution in [0.4, 0.5) is 0 Å². The Kier molecular flexibility index (Phi) is 6.10. The van der Waals surface area contributed by atoms with Crippen LogP contribution < -0.4 is 0 Å². The number of pyridine rings is 1. The first-order valence-electron chi connectivity index (χ1n) is 15.4. The molecule has 0 saturated carbocycles. The lowest BCUT2D eigenvalue weighted by Gasteiger charge is -2.14. The highest BCUT2D eigenvalue weighted by molar-refractivity contribution is 6.25. The van der Waals surface area contributed by atoms with E-state index in [2.05, 4.69) is 102 Å². The molecule has 0 unspecified atom stereocenters. The van der Waals surface area contributed by atoms with Crippen molar-refractivity contribution in [2.45, 2.75) is 0 Å². The lowest BCUT2D eigenvalue weighted by Crippen LogP contribution is -2.01. The van der Waals surface area contributed by atoms with Gasteiger partial charge in [-0.2, -0.15) is 0 Å². The van der Waals surface area contributed by atoms with Crippen molar-refractivity contribution >= 4 is 32.3 Å². The van der Waals surface area contributed by atoms with Gasteiger partial charge in [-0.25, -0.2) is 15.0 Å². The van der Waals surface area contributed by atoms with Crippen molar-refractivity contribution in [1.29, 1.82) is 0 Å². The second kappa shape index (κ2) is 10.7. The molecule has 9 rings (SSSR count). The predicted molar refractivity (Wildman–Crippen MR) is 189 cm³/mol. The van der Waals surface area contributed by atoms with E-state index in [4.69, 9.17) is 15.0 Å². The molecule has 0 aliphatic rings. The van der Waals surface area contributed by atoms with E-state index in [-0.39, 0.29) is 0 Å². The molecule has 2 heterocycles. The Morgan fingerprint density at radius 3 is 1.65 bits per heavy atom. The summed E-state index contributed by atoms with van der Waals surface area (Å²) < 4.78 is 0. The maximum Gasteiger partial charge on any atom is 0.164 e. The van der Waals surface area contributed by atoms with Gasteiger partial charge < -0.3 is 0 Å². The van der Waals surface area contributed by atoms with Crippen LogP contribution in [0.1, 0.15) is 0 Å². The molecule has 0 aliphatic carbocycles. The molecule has 214 valence electrons. The zero-order chi connectivity index (χ0) is 30.5. The number of aromatic nitrogens is 4. The number of hydrogen-bond donors (Lipinski definition) is 0. The second-order valence-corrected chi connectivity index (χ2v) is 11.5. The Balaban J connectivity index is 1.18. The van der Waals surface area contributed by atoms with E-state index in [1.54, 1.807) is 6.20 Å². The van der Waals surface area contributed by atoms with E-state index in [0.29, 0.717) is 17.5 Å². The third-order valence-corrected chi connectivity index (χ3v) is 8.79. The minimum atomic E-state index is 0.624. The van der Waals surface area contributed by atoms with E-state index >= 15 is 0 Å². The van der Waals surface area contributed by atoms with Crippen molar-refractivity contribution in [1.82, 2.24) is 19.9 Å². The Hall–Kier alpha value is -6.26. The molecule has 0 atom stereocenters.